The Morgan fingerprint density at radius 2 is 1.70 bits per heavy atom. The molecule has 0 unspecified atom stereocenters. The van der Waals surface area contributed by atoms with Gasteiger partial charge < -0.3 is 5.32 Å². The number of rotatable bonds is 5. The van der Waals surface area contributed by atoms with Crippen LogP contribution in [0.4, 0.5) is 5.69 Å². The quantitative estimate of drug-likeness (QED) is 0.861. The highest BCUT2D eigenvalue weighted by Crippen LogP contribution is 2.14. The van der Waals surface area contributed by atoms with Crippen molar-refractivity contribution in [2.45, 2.75) is 32.1 Å². The van der Waals surface area contributed by atoms with Gasteiger partial charge in [-0.3, -0.25) is 9.59 Å². The van der Waals surface area contributed by atoms with Crippen LogP contribution in [0, 0.1) is 5.92 Å². The Balaban J connectivity index is 2.82. The molecule has 1 aromatic carbocycles. The van der Waals surface area contributed by atoms with Crippen molar-refractivity contribution in [2.75, 3.05) is 5.32 Å². The minimum Gasteiger partial charge on any atom is -0.326 e. The zero-order valence-electron chi connectivity index (χ0n) is 11.6. The zero-order chi connectivity index (χ0) is 15.3. The van der Waals surface area contributed by atoms with E-state index in [0.717, 1.165) is 0 Å². The van der Waals surface area contributed by atoms with Crippen LogP contribution in [0.1, 0.15) is 27.2 Å². The number of hydrogen-bond acceptors (Lipinski definition) is 4. The van der Waals surface area contributed by atoms with Crippen molar-refractivity contribution in [2.24, 2.45) is 5.92 Å². The summed E-state index contributed by atoms with van der Waals surface area (Å²) in [5.74, 6) is -0.705. The third-order valence-electron chi connectivity index (χ3n) is 2.33. The molecule has 0 aliphatic rings. The molecule has 0 fully saturated rings. The molecule has 0 atom stereocenters. The molecule has 2 N–H and O–H groups in total. The summed E-state index contributed by atoms with van der Waals surface area (Å²) >= 11 is 0. The summed E-state index contributed by atoms with van der Waals surface area (Å²) in [4.78, 5) is 22.3. The van der Waals surface area contributed by atoms with Gasteiger partial charge in [-0.25, -0.2) is 13.1 Å². The maximum atomic E-state index is 11.9. The molecule has 20 heavy (non-hydrogen) atoms. The molecule has 0 saturated carbocycles. The van der Waals surface area contributed by atoms with E-state index in [4.69, 9.17) is 0 Å². The number of sulfonamides is 1. The molecule has 0 bridgehead atoms. The maximum absolute atomic E-state index is 11.9. The number of carbonyl (C=O) groups excluding carboxylic acids is 2. The van der Waals surface area contributed by atoms with Gasteiger partial charge in [0.1, 0.15) is 0 Å². The maximum Gasteiger partial charge on any atom is 0.264 e. The smallest absolute Gasteiger partial charge is 0.264 e. The van der Waals surface area contributed by atoms with Crippen LogP contribution in [0.3, 0.4) is 0 Å². The molecule has 110 valence electrons. The number of nitrogens with one attached hydrogen (secondary N) is 2. The molecule has 0 aliphatic heterocycles. The molecule has 7 heteroatoms. The van der Waals surface area contributed by atoms with Crippen molar-refractivity contribution in [1.82, 2.24) is 4.72 Å². The molecular weight excluding hydrogens is 280 g/mol. The summed E-state index contributed by atoms with van der Waals surface area (Å²) in [5, 5.41) is 2.53. The predicted molar refractivity (Wildman–Crippen MR) is 75.5 cm³/mol. The van der Waals surface area contributed by atoms with Crippen molar-refractivity contribution in [3.05, 3.63) is 24.3 Å². The number of hydrogen-bond donors (Lipinski definition) is 2. The summed E-state index contributed by atoms with van der Waals surface area (Å²) in [6.07, 6.45) is 0.142. The summed E-state index contributed by atoms with van der Waals surface area (Å²) in [6, 6.07) is 5.58. The van der Waals surface area contributed by atoms with Crippen molar-refractivity contribution in [1.29, 1.82) is 0 Å². The van der Waals surface area contributed by atoms with Crippen molar-refractivity contribution < 1.29 is 18.0 Å². The highest BCUT2D eigenvalue weighted by molar-refractivity contribution is 7.90. The lowest BCUT2D eigenvalue weighted by Gasteiger charge is -2.09. The van der Waals surface area contributed by atoms with Crippen LogP contribution in [0.2, 0.25) is 0 Å². The minimum absolute atomic E-state index is 0.0243. The van der Waals surface area contributed by atoms with Gasteiger partial charge in [0.05, 0.1) is 4.90 Å². The summed E-state index contributed by atoms with van der Waals surface area (Å²) in [5.41, 5.74) is 0.491. The zero-order valence-corrected chi connectivity index (χ0v) is 12.5. The van der Waals surface area contributed by atoms with E-state index in [0.29, 0.717) is 5.69 Å². The fourth-order valence-corrected chi connectivity index (χ4v) is 2.54. The Morgan fingerprint density at radius 1 is 1.15 bits per heavy atom. The van der Waals surface area contributed by atoms with Gasteiger partial charge in [0.2, 0.25) is 11.8 Å². The third kappa shape index (κ3) is 5.00. The van der Waals surface area contributed by atoms with Crippen molar-refractivity contribution in [3.8, 4) is 0 Å². The Bertz CT molecular complexity index is 591. The van der Waals surface area contributed by atoms with E-state index in [-0.39, 0.29) is 23.1 Å². The van der Waals surface area contributed by atoms with Gasteiger partial charge in [0.25, 0.3) is 10.0 Å². The topological polar surface area (TPSA) is 92.3 Å². The Hall–Kier alpha value is -1.89. The average molecular weight is 298 g/mol. The predicted octanol–water partition coefficient (Wildman–Crippen LogP) is 1.50. The van der Waals surface area contributed by atoms with E-state index in [9.17, 15) is 18.0 Å². The second-order valence-corrected chi connectivity index (χ2v) is 6.51. The number of carbonyl (C=O) groups is 2. The van der Waals surface area contributed by atoms with Crippen molar-refractivity contribution in [3.63, 3.8) is 0 Å². The van der Waals surface area contributed by atoms with Gasteiger partial charge in [-0.1, -0.05) is 13.8 Å². The van der Waals surface area contributed by atoms with Crippen LogP contribution in [0.15, 0.2) is 29.2 Å². The first-order chi connectivity index (χ1) is 9.20. The Labute approximate surface area is 118 Å². The molecule has 0 radical (unpaired) electrons. The molecule has 1 aromatic rings. The lowest BCUT2D eigenvalue weighted by atomic mass is 10.1. The van der Waals surface area contributed by atoms with E-state index in [1.165, 1.54) is 31.2 Å². The molecule has 0 aromatic heterocycles. The molecular formula is C13H18N2O4S. The van der Waals surface area contributed by atoms with E-state index >= 15 is 0 Å². The van der Waals surface area contributed by atoms with E-state index < -0.39 is 15.9 Å². The molecule has 0 aliphatic carbocycles. The van der Waals surface area contributed by atoms with Gasteiger partial charge in [-0.05, 0) is 30.2 Å². The normalized spacial score (nSPS) is 11.2. The largest absolute Gasteiger partial charge is 0.326 e. The first-order valence-electron chi connectivity index (χ1n) is 6.14. The molecule has 0 saturated heterocycles. The lowest BCUT2D eigenvalue weighted by Crippen LogP contribution is -2.31. The van der Waals surface area contributed by atoms with Gasteiger partial charge >= 0.3 is 0 Å². The highest BCUT2D eigenvalue weighted by atomic mass is 32.2. The second-order valence-electron chi connectivity index (χ2n) is 4.83. The standard InChI is InChI=1S/C13H18N2O4S/c1-9(2)8-13(17)15-20(18,19)12-6-4-11(5-7-12)14-10(3)16/h4-7,9H,8H2,1-3H3,(H,14,16)(H,15,17). The first kappa shape index (κ1) is 16.2. The number of benzene rings is 1. The van der Waals surface area contributed by atoms with Crippen LogP contribution in [0.25, 0.3) is 0 Å². The Kier molecular flexibility index (Phi) is 5.26. The van der Waals surface area contributed by atoms with E-state index in [2.05, 4.69) is 5.32 Å². The second kappa shape index (κ2) is 6.51. The van der Waals surface area contributed by atoms with Crippen LogP contribution >= 0.6 is 0 Å². The summed E-state index contributed by atoms with van der Waals surface area (Å²) in [7, 11) is -3.86. The van der Waals surface area contributed by atoms with Crippen LogP contribution < -0.4 is 10.0 Å². The van der Waals surface area contributed by atoms with Gasteiger partial charge in [0, 0.05) is 19.0 Å². The molecule has 0 spiro atoms. The van der Waals surface area contributed by atoms with Gasteiger partial charge in [-0.2, -0.15) is 0 Å². The van der Waals surface area contributed by atoms with Gasteiger partial charge in [-0.15, -0.1) is 0 Å². The van der Waals surface area contributed by atoms with Gasteiger partial charge in [0.15, 0.2) is 0 Å². The van der Waals surface area contributed by atoms with Crippen LogP contribution in [-0.2, 0) is 19.6 Å². The first-order valence-corrected chi connectivity index (χ1v) is 7.62. The monoisotopic (exact) mass is 298 g/mol. The molecule has 1 rings (SSSR count). The molecule has 6 nitrogen and oxygen atoms in total. The fraction of sp³-hybridized carbons (Fsp3) is 0.385. The molecule has 2 amide bonds. The van der Waals surface area contributed by atoms with E-state index in [1.54, 1.807) is 0 Å². The van der Waals surface area contributed by atoms with Crippen LogP contribution in [-0.4, -0.2) is 20.2 Å². The summed E-state index contributed by atoms with van der Waals surface area (Å²) in [6.45, 7) is 5.01. The number of anilines is 1. The lowest BCUT2D eigenvalue weighted by molar-refractivity contribution is -0.120. The minimum atomic E-state index is -3.86. The van der Waals surface area contributed by atoms with Crippen molar-refractivity contribution >= 4 is 27.5 Å². The number of amides is 2. The van der Waals surface area contributed by atoms with E-state index in [1.807, 2.05) is 18.6 Å². The molecule has 0 heterocycles. The SMILES string of the molecule is CC(=O)Nc1ccc(S(=O)(=O)NC(=O)CC(C)C)cc1. The van der Waals surface area contributed by atoms with Crippen LogP contribution in [0.5, 0.6) is 0 Å². The Morgan fingerprint density at radius 3 is 2.15 bits per heavy atom. The third-order valence-corrected chi connectivity index (χ3v) is 3.72. The fourth-order valence-electron chi connectivity index (χ4n) is 1.54. The highest BCUT2D eigenvalue weighted by Gasteiger charge is 2.18. The summed E-state index contributed by atoms with van der Waals surface area (Å²) < 4.78 is 25.9. The average Bonchev–Trinajstić information content (AvgIpc) is 2.26.